The zero-order chi connectivity index (χ0) is 20.8. The summed E-state index contributed by atoms with van der Waals surface area (Å²) < 4.78 is 5.74. The summed E-state index contributed by atoms with van der Waals surface area (Å²) in [6, 6.07) is 13.0. The first-order valence-corrected chi connectivity index (χ1v) is 9.63. The number of carboxylic acids is 1. The van der Waals surface area contributed by atoms with Crippen molar-refractivity contribution in [1.29, 1.82) is 0 Å². The second-order valence-corrected chi connectivity index (χ2v) is 6.72. The van der Waals surface area contributed by atoms with Gasteiger partial charge in [0, 0.05) is 12.1 Å². The van der Waals surface area contributed by atoms with Gasteiger partial charge in [-0.15, -0.1) is 0 Å². The summed E-state index contributed by atoms with van der Waals surface area (Å²) in [5, 5.41) is 12.3. The molecule has 1 amide bonds. The molecular formula is C23H24N2O4. The number of carbonyl (C=O) groups is 2. The summed E-state index contributed by atoms with van der Waals surface area (Å²) in [7, 11) is 0. The number of carbonyl (C=O) groups excluding carboxylic acids is 1. The zero-order valence-electron chi connectivity index (χ0n) is 16.6. The third-order valence-electron chi connectivity index (χ3n) is 4.72. The maximum absolute atomic E-state index is 12.8. The van der Waals surface area contributed by atoms with Crippen LogP contribution in [0, 0.1) is 11.8 Å². The highest BCUT2D eigenvalue weighted by atomic mass is 16.5. The summed E-state index contributed by atoms with van der Waals surface area (Å²) >= 11 is 0. The van der Waals surface area contributed by atoms with Crippen LogP contribution in [0.1, 0.15) is 41.8 Å². The molecule has 1 aliphatic rings. The van der Waals surface area contributed by atoms with Gasteiger partial charge in [0.25, 0.3) is 5.91 Å². The Morgan fingerprint density at radius 2 is 2.03 bits per heavy atom. The quantitative estimate of drug-likeness (QED) is 0.737. The van der Waals surface area contributed by atoms with Crippen molar-refractivity contribution in [2.75, 3.05) is 18.5 Å². The molecule has 6 heteroatoms. The number of hydrogen-bond acceptors (Lipinski definition) is 4. The number of nitrogens with zero attached hydrogens (tertiary/aromatic N) is 1. The van der Waals surface area contributed by atoms with Crippen LogP contribution in [0.25, 0.3) is 0 Å². The van der Waals surface area contributed by atoms with E-state index < -0.39 is 5.97 Å². The number of rotatable bonds is 6. The average Bonchev–Trinajstić information content (AvgIpc) is 2.70. The van der Waals surface area contributed by atoms with Gasteiger partial charge in [0.15, 0.2) is 0 Å². The van der Waals surface area contributed by atoms with Crippen molar-refractivity contribution in [1.82, 2.24) is 4.90 Å². The average molecular weight is 392 g/mol. The van der Waals surface area contributed by atoms with Crippen LogP contribution in [0.4, 0.5) is 5.69 Å². The van der Waals surface area contributed by atoms with Gasteiger partial charge in [0.2, 0.25) is 0 Å². The maximum atomic E-state index is 12.8. The molecule has 150 valence electrons. The lowest BCUT2D eigenvalue weighted by Crippen LogP contribution is -2.47. The fourth-order valence-corrected chi connectivity index (χ4v) is 3.29. The highest BCUT2D eigenvalue weighted by molar-refractivity contribution is 6.01. The van der Waals surface area contributed by atoms with Crippen LogP contribution in [-0.4, -0.2) is 41.2 Å². The van der Waals surface area contributed by atoms with E-state index in [9.17, 15) is 9.59 Å². The van der Waals surface area contributed by atoms with Crippen molar-refractivity contribution in [3.05, 3.63) is 59.2 Å². The molecule has 0 bridgehead atoms. The predicted molar refractivity (Wildman–Crippen MR) is 111 cm³/mol. The third-order valence-corrected chi connectivity index (χ3v) is 4.72. The number of amides is 1. The van der Waals surface area contributed by atoms with Crippen LogP contribution < -0.4 is 10.1 Å². The standard InChI is InChI=1S/C23H24N2O4/c1-3-29-22-17(8-6-9-18(22)13-14-21(26)27)10-7-15-25-16(2)24-20-12-5-4-11-19(20)23(25)28/h4-6,8-9,11-12,16,24H,3,13-15H2,1-2H3,(H,26,27). The van der Waals surface area contributed by atoms with E-state index in [-0.39, 0.29) is 25.0 Å². The SMILES string of the molecule is CCOc1c(C#CCN2C(=O)c3ccccc3NC2C)cccc1CCC(=O)O. The van der Waals surface area contributed by atoms with Crippen LogP contribution in [0.3, 0.4) is 0 Å². The van der Waals surface area contributed by atoms with Gasteiger partial charge in [0.05, 0.1) is 30.4 Å². The van der Waals surface area contributed by atoms with Gasteiger partial charge in [-0.3, -0.25) is 9.59 Å². The Labute approximate surface area is 170 Å². The molecule has 2 aromatic carbocycles. The van der Waals surface area contributed by atoms with Crippen molar-refractivity contribution < 1.29 is 19.4 Å². The molecule has 0 spiro atoms. The number of para-hydroxylation sites is 2. The zero-order valence-corrected chi connectivity index (χ0v) is 16.6. The minimum atomic E-state index is -0.852. The minimum Gasteiger partial charge on any atom is -0.492 e. The number of aliphatic carboxylic acids is 1. The van der Waals surface area contributed by atoms with E-state index in [1.54, 1.807) is 11.0 Å². The second kappa shape index (κ2) is 9.16. The smallest absolute Gasteiger partial charge is 0.303 e. The Bertz CT molecular complexity index is 974. The third kappa shape index (κ3) is 4.69. The van der Waals surface area contributed by atoms with E-state index in [0.29, 0.717) is 29.9 Å². The number of aryl methyl sites for hydroxylation is 1. The van der Waals surface area contributed by atoms with Crippen LogP contribution >= 0.6 is 0 Å². The fourth-order valence-electron chi connectivity index (χ4n) is 3.29. The van der Waals surface area contributed by atoms with Gasteiger partial charge in [-0.1, -0.05) is 36.1 Å². The number of fused-ring (bicyclic) bond motifs is 1. The fraction of sp³-hybridized carbons (Fsp3) is 0.304. The summed E-state index contributed by atoms with van der Waals surface area (Å²) in [5.74, 6) is 5.88. The van der Waals surface area contributed by atoms with Crippen LogP contribution in [0.2, 0.25) is 0 Å². The van der Waals surface area contributed by atoms with E-state index in [4.69, 9.17) is 9.84 Å². The van der Waals surface area contributed by atoms with Crippen molar-refractivity contribution >= 4 is 17.6 Å². The molecule has 0 saturated heterocycles. The molecule has 0 fully saturated rings. The molecule has 1 atom stereocenters. The molecule has 1 aliphatic heterocycles. The molecule has 6 nitrogen and oxygen atoms in total. The van der Waals surface area contributed by atoms with Crippen LogP contribution in [0.5, 0.6) is 5.75 Å². The molecule has 0 aliphatic carbocycles. The van der Waals surface area contributed by atoms with E-state index in [1.807, 2.05) is 50.2 Å². The van der Waals surface area contributed by atoms with Gasteiger partial charge in [-0.05, 0) is 44.0 Å². The number of ether oxygens (including phenoxy) is 1. The molecule has 0 aromatic heterocycles. The van der Waals surface area contributed by atoms with Crippen molar-refractivity contribution in [3.63, 3.8) is 0 Å². The van der Waals surface area contributed by atoms with Crippen LogP contribution in [-0.2, 0) is 11.2 Å². The van der Waals surface area contributed by atoms with E-state index in [1.165, 1.54) is 0 Å². The monoisotopic (exact) mass is 392 g/mol. The molecule has 3 rings (SSSR count). The van der Waals surface area contributed by atoms with E-state index >= 15 is 0 Å². The normalized spacial score (nSPS) is 15.0. The molecule has 0 radical (unpaired) electrons. The van der Waals surface area contributed by atoms with Gasteiger partial charge in [-0.2, -0.15) is 0 Å². The first-order chi connectivity index (χ1) is 14.0. The highest BCUT2D eigenvalue weighted by Gasteiger charge is 2.28. The first-order valence-electron chi connectivity index (χ1n) is 9.63. The lowest BCUT2D eigenvalue weighted by Gasteiger charge is -2.34. The van der Waals surface area contributed by atoms with Crippen molar-refractivity contribution in [3.8, 4) is 17.6 Å². The molecule has 2 aromatic rings. The van der Waals surface area contributed by atoms with Gasteiger partial charge in [-0.25, -0.2) is 0 Å². The lowest BCUT2D eigenvalue weighted by molar-refractivity contribution is -0.136. The first kappa shape index (κ1) is 20.3. The molecule has 1 heterocycles. The largest absolute Gasteiger partial charge is 0.492 e. The Hall–Kier alpha value is -3.46. The second-order valence-electron chi connectivity index (χ2n) is 6.72. The van der Waals surface area contributed by atoms with Gasteiger partial charge >= 0.3 is 5.97 Å². The van der Waals surface area contributed by atoms with E-state index in [2.05, 4.69) is 17.2 Å². The lowest BCUT2D eigenvalue weighted by atomic mass is 10.0. The van der Waals surface area contributed by atoms with E-state index in [0.717, 1.165) is 11.3 Å². The van der Waals surface area contributed by atoms with Crippen molar-refractivity contribution in [2.45, 2.75) is 32.9 Å². The number of anilines is 1. The summed E-state index contributed by atoms with van der Waals surface area (Å²) in [6.07, 6.45) is 0.240. The number of nitrogens with one attached hydrogen (secondary N) is 1. The van der Waals surface area contributed by atoms with Gasteiger partial charge < -0.3 is 20.1 Å². The Morgan fingerprint density at radius 3 is 2.79 bits per heavy atom. The highest BCUT2D eigenvalue weighted by Crippen LogP contribution is 2.26. The number of carboxylic acid groups (broad SMARTS) is 1. The van der Waals surface area contributed by atoms with Crippen LogP contribution in [0.15, 0.2) is 42.5 Å². The summed E-state index contributed by atoms with van der Waals surface area (Å²) in [4.78, 5) is 25.4. The molecule has 2 N–H and O–H groups in total. The minimum absolute atomic E-state index is 0.0296. The van der Waals surface area contributed by atoms with Crippen molar-refractivity contribution in [2.24, 2.45) is 0 Å². The molecule has 0 saturated carbocycles. The number of hydrogen-bond donors (Lipinski definition) is 2. The molecule has 29 heavy (non-hydrogen) atoms. The number of benzene rings is 2. The Morgan fingerprint density at radius 1 is 1.24 bits per heavy atom. The summed E-state index contributed by atoms with van der Waals surface area (Å²) in [5.41, 5.74) is 2.98. The Kier molecular flexibility index (Phi) is 6.40. The Balaban J connectivity index is 1.80. The van der Waals surface area contributed by atoms with Gasteiger partial charge in [0.1, 0.15) is 5.75 Å². The summed E-state index contributed by atoms with van der Waals surface area (Å²) in [6.45, 7) is 4.53. The topological polar surface area (TPSA) is 78.9 Å². The predicted octanol–water partition coefficient (Wildman–Crippen LogP) is 3.37. The maximum Gasteiger partial charge on any atom is 0.303 e. The molecule has 1 unspecified atom stereocenters. The molecular weight excluding hydrogens is 368 g/mol.